The van der Waals surface area contributed by atoms with Crippen LogP contribution in [0.1, 0.15) is 41.5 Å². The first-order valence-corrected chi connectivity index (χ1v) is 3.50. The molecule has 0 heterocycles. The maximum atomic E-state index is 2.26. The molecule has 2 radical (unpaired) electrons. The van der Waals surface area contributed by atoms with Crippen LogP contribution in [0, 0.1) is 17.3 Å². The van der Waals surface area contributed by atoms with Crippen molar-refractivity contribution in [3.8, 4) is 0 Å². The Hall–Kier alpha value is 0. The zero-order valence-electron chi connectivity index (χ0n) is 7.50. The summed E-state index contributed by atoms with van der Waals surface area (Å²) in [5.41, 5.74) is 0.333. The third kappa shape index (κ3) is 2.00. The Morgan fingerprint density at radius 2 is 1.00 bits per heavy atom. The molecule has 9 heavy (non-hydrogen) atoms. The van der Waals surface area contributed by atoms with Gasteiger partial charge in [-0.05, 0) is 17.3 Å². The average Bonchev–Trinajstić information content (AvgIpc) is 1.65. The lowest BCUT2D eigenvalue weighted by atomic mass is 9.72. The summed E-state index contributed by atoms with van der Waals surface area (Å²) in [5, 5.41) is 0. The Bertz CT molecular complexity index is 68.0. The van der Waals surface area contributed by atoms with Crippen molar-refractivity contribution in [3.05, 3.63) is 11.8 Å². The van der Waals surface area contributed by atoms with Crippen LogP contribution in [0.25, 0.3) is 0 Å². The lowest BCUT2D eigenvalue weighted by Crippen LogP contribution is -2.22. The van der Waals surface area contributed by atoms with Gasteiger partial charge < -0.3 is 0 Å². The number of hydrogen-bond donors (Lipinski definition) is 0. The SMILES string of the molecule is C[C](C)C(C)(C)[C](C)C. The molecule has 0 unspecified atom stereocenters. The van der Waals surface area contributed by atoms with E-state index in [0.717, 1.165) is 0 Å². The molecule has 0 aromatic heterocycles. The van der Waals surface area contributed by atoms with Crippen LogP contribution in [0.15, 0.2) is 0 Å². The van der Waals surface area contributed by atoms with Gasteiger partial charge >= 0.3 is 0 Å². The number of hydrogen-bond acceptors (Lipinski definition) is 0. The van der Waals surface area contributed by atoms with Crippen LogP contribution in [0.4, 0.5) is 0 Å². The van der Waals surface area contributed by atoms with Crippen LogP contribution in [-0.4, -0.2) is 0 Å². The van der Waals surface area contributed by atoms with E-state index in [2.05, 4.69) is 41.5 Å². The lowest BCUT2D eigenvalue weighted by molar-refractivity contribution is 0.412. The fraction of sp³-hybridized carbons (Fsp3) is 0.778. The second kappa shape index (κ2) is 2.72. The molecule has 0 aliphatic heterocycles. The van der Waals surface area contributed by atoms with Crippen LogP contribution >= 0.6 is 0 Å². The third-order valence-corrected chi connectivity index (χ3v) is 2.50. The summed E-state index contributed by atoms with van der Waals surface area (Å²) in [5.74, 6) is 2.98. The largest absolute Gasteiger partial charge is 0.0588 e. The van der Waals surface area contributed by atoms with Crippen molar-refractivity contribution < 1.29 is 0 Å². The van der Waals surface area contributed by atoms with Crippen molar-refractivity contribution in [1.82, 2.24) is 0 Å². The molecule has 0 rings (SSSR count). The van der Waals surface area contributed by atoms with Crippen LogP contribution in [0.5, 0.6) is 0 Å². The fourth-order valence-corrected chi connectivity index (χ4v) is 0.500. The normalized spacial score (nSPS) is 13.3. The highest BCUT2D eigenvalue weighted by atomic mass is 14.3. The molecule has 0 aliphatic rings. The molecule has 0 nitrogen and oxygen atoms in total. The van der Waals surface area contributed by atoms with Crippen molar-refractivity contribution in [1.29, 1.82) is 0 Å². The predicted octanol–water partition coefficient (Wildman–Crippen LogP) is 3.24. The van der Waals surface area contributed by atoms with Crippen LogP contribution in [0.2, 0.25) is 0 Å². The van der Waals surface area contributed by atoms with Crippen LogP contribution in [-0.2, 0) is 0 Å². The minimum Gasteiger partial charge on any atom is -0.0588 e. The van der Waals surface area contributed by atoms with E-state index >= 15 is 0 Å². The first-order valence-electron chi connectivity index (χ1n) is 3.50. The standard InChI is InChI=1S/C9H18/c1-7(2)9(5,6)8(3)4/h1-6H3. The Morgan fingerprint density at radius 3 is 1.00 bits per heavy atom. The monoisotopic (exact) mass is 126 g/mol. The smallest absolute Gasteiger partial charge is 0.0241 e. The molecule has 0 N–H and O–H groups in total. The van der Waals surface area contributed by atoms with Gasteiger partial charge in [0.25, 0.3) is 0 Å². The Labute approximate surface area is 59.7 Å². The lowest BCUT2D eigenvalue weighted by Gasteiger charge is -2.32. The maximum Gasteiger partial charge on any atom is -0.0241 e. The van der Waals surface area contributed by atoms with Gasteiger partial charge in [-0.2, -0.15) is 0 Å². The van der Waals surface area contributed by atoms with Gasteiger partial charge in [0.1, 0.15) is 0 Å². The molecule has 0 spiro atoms. The van der Waals surface area contributed by atoms with Crippen molar-refractivity contribution in [2.75, 3.05) is 0 Å². The van der Waals surface area contributed by atoms with Gasteiger partial charge in [0.2, 0.25) is 0 Å². The second-order valence-corrected chi connectivity index (χ2v) is 3.62. The quantitative estimate of drug-likeness (QED) is 0.533. The second-order valence-electron chi connectivity index (χ2n) is 3.62. The summed E-state index contributed by atoms with van der Waals surface area (Å²) >= 11 is 0. The summed E-state index contributed by atoms with van der Waals surface area (Å²) in [7, 11) is 0. The van der Waals surface area contributed by atoms with Crippen molar-refractivity contribution >= 4 is 0 Å². The molecule has 0 atom stereocenters. The minimum absolute atomic E-state index is 0.333. The molecule has 0 aliphatic carbocycles. The molecule has 0 fully saturated rings. The Morgan fingerprint density at radius 1 is 0.778 bits per heavy atom. The van der Waals surface area contributed by atoms with Crippen molar-refractivity contribution in [2.45, 2.75) is 41.5 Å². The van der Waals surface area contributed by atoms with E-state index in [0.29, 0.717) is 5.41 Å². The van der Waals surface area contributed by atoms with Gasteiger partial charge in [-0.15, -0.1) is 0 Å². The highest BCUT2D eigenvalue weighted by molar-refractivity contribution is 5.09. The molecule has 0 heteroatoms. The first-order chi connectivity index (χ1) is 3.89. The van der Waals surface area contributed by atoms with E-state index in [4.69, 9.17) is 0 Å². The molecule has 0 bridgehead atoms. The third-order valence-electron chi connectivity index (χ3n) is 2.50. The van der Waals surface area contributed by atoms with Gasteiger partial charge in [0.05, 0.1) is 0 Å². The van der Waals surface area contributed by atoms with Crippen molar-refractivity contribution in [2.24, 2.45) is 5.41 Å². The predicted molar refractivity (Wildman–Crippen MR) is 43.0 cm³/mol. The highest BCUT2D eigenvalue weighted by Crippen LogP contribution is 2.36. The Kier molecular flexibility index (Phi) is 2.72. The summed E-state index contributed by atoms with van der Waals surface area (Å²) in [6.45, 7) is 13.3. The van der Waals surface area contributed by atoms with Gasteiger partial charge in [-0.25, -0.2) is 0 Å². The molecular weight excluding hydrogens is 108 g/mol. The van der Waals surface area contributed by atoms with Gasteiger partial charge in [-0.3, -0.25) is 0 Å². The molecule has 0 aromatic carbocycles. The van der Waals surface area contributed by atoms with Crippen LogP contribution < -0.4 is 0 Å². The zero-order chi connectivity index (χ0) is 7.65. The van der Waals surface area contributed by atoms with E-state index in [1.54, 1.807) is 0 Å². The topological polar surface area (TPSA) is 0 Å². The van der Waals surface area contributed by atoms with Crippen molar-refractivity contribution in [3.63, 3.8) is 0 Å². The van der Waals surface area contributed by atoms with E-state index in [1.807, 2.05) is 0 Å². The Balaban J connectivity index is 4.01. The molecule has 0 saturated heterocycles. The van der Waals surface area contributed by atoms with Gasteiger partial charge in [-0.1, -0.05) is 41.5 Å². The zero-order valence-corrected chi connectivity index (χ0v) is 7.50. The van der Waals surface area contributed by atoms with Crippen LogP contribution in [0.3, 0.4) is 0 Å². The fourth-order valence-electron chi connectivity index (χ4n) is 0.500. The van der Waals surface area contributed by atoms with Gasteiger partial charge in [0.15, 0.2) is 0 Å². The van der Waals surface area contributed by atoms with E-state index in [9.17, 15) is 0 Å². The molecular formula is C9H18. The van der Waals surface area contributed by atoms with Gasteiger partial charge in [0, 0.05) is 0 Å². The molecule has 0 saturated carbocycles. The van der Waals surface area contributed by atoms with E-state index in [-0.39, 0.29) is 0 Å². The van der Waals surface area contributed by atoms with E-state index < -0.39 is 0 Å². The average molecular weight is 126 g/mol. The number of rotatable bonds is 2. The maximum absolute atomic E-state index is 2.26. The summed E-state index contributed by atoms with van der Waals surface area (Å²) < 4.78 is 0. The summed E-state index contributed by atoms with van der Waals surface area (Å²) in [4.78, 5) is 0. The summed E-state index contributed by atoms with van der Waals surface area (Å²) in [6, 6.07) is 0. The molecule has 0 amide bonds. The van der Waals surface area contributed by atoms with E-state index in [1.165, 1.54) is 11.8 Å². The molecule has 54 valence electrons. The summed E-state index contributed by atoms with van der Waals surface area (Å²) in [6.07, 6.45) is 0. The highest BCUT2D eigenvalue weighted by Gasteiger charge is 2.26. The minimum atomic E-state index is 0.333. The first kappa shape index (κ1) is 9.00. The molecule has 0 aromatic rings.